The molecular formula is C15H24N2. The van der Waals surface area contributed by atoms with E-state index >= 15 is 0 Å². The number of likely N-dealkylation sites (N-methyl/N-ethyl adjacent to an activating group) is 1. The van der Waals surface area contributed by atoms with Crippen LogP contribution in [0.2, 0.25) is 0 Å². The number of hydrogen-bond donors (Lipinski definition) is 1. The van der Waals surface area contributed by atoms with E-state index in [1.807, 2.05) is 0 Å². The third kappa shape index (κ3) is 4.49. The summed E-state index contributed by atoms with van der Waals surface area (Å²) in [6, 6.07) is 11.5. The van der Waals surface area contributed by atoms with Gasteiger partial charge in [0.05, 0.1) is 0 Å². The highest BCUT2D eigenvalue weighted by Gasteiger charge is 2.13. The van der Waals surface area contributed by atoms with Gasteiger partial charge in [0.15, 0.2) is 0 Å². The summed E-state index contributed by atoms with van der Waals surface area (Å²) >= 11 is 0. The molecule has 0 amide bonds. The number of nitrogens with zero attached hydrogens (tertiary/aromatic N) is 1. The van der Waals surface area contributed by atoms with E-state index in [0.717, 1.165) is 25.7 Å². The SMILES string of the molecule is CN(CCNC1CCCC1)Cc1ccccc1. The van der Waals surface area contributed by atoms with Gasteiger partial charge in [0.1, 0.15) is 0 Å². The van der Waals surface area contributed by atoms with Gasteiger partial charge in [0, 0.05) is 25.7 Å². The molecule has 1 aromatic rings. The van der Waals surface area contributed by atoms with E-state index < -0.39 is 0 Å². The van der Waals surface area contributed by atoms with E-state index in [4.69, 9.17) is 0 Å². The maximum atomic E-state index is 3.66. The Labute approximate surface area is 105 Å². The first-order valence-corrected chi connectivity index (χ1v) is 6.80. The minimum absolute atomic E-state index is 0.792. The minimum atomic E-state index is 0.792. The Hall–Kier alpha value is -0.860. The lowest BCUT2D eigenvalue weighted by atomic mass is 10.2. The van der Waals surface area contributed by atoms with Gasteiger partial charge in [-0.15, -0.1) is 0 Å². The van der Waals surface area contributed by atoms with Crippen molar-refractivity contribution >= 4 is 0 Å². The van der Waals surface area contributed by atoms with Crippen molar-refractivity contribution in [2.75, 3.05) is 20.1 Å². The van der Waals surface area contributed by atoms with Crippen LogP contribution in [0.1, 0.15) is 31.2 Å². The molecule has 2 heteroatoms. The van der Waals surface area contributed by atoms with Crippen LogP contribution >= 0.6 is 0 Å². The van der Waals surface area contributed by atoms with Crippen molar-refractivity contribution in [3.63, 3.8) is 0 Å². The van der Waals surface area contributed by atoms with Gasteiger partial charge in [-0.3, -0.25) is 0 Å². The third-order valence-corrected chi connectivity index (χ3v) is 3.58. The van der Waals surface area contributed by atoms with Crippen LogP contribution in [0.25, 0.3) is 0 Å². The molecule has 17 heavy (non-hydrogen) atoms. The van der Waals surface area contributed by atoms with Crippen LogP contribution in [0.4, 0.5) is 0 Å². The molecule has 0 radical (unpaired) electrons. The Balaban J connectivity index is 1.62. The Morgan fingerprint density at radius 3 is 2.59 bits per heavy atom. The van der Waals surface area contributed by atoms with Gasteiger partial charge in [-0.25, -0.2) is 0 Å². The average molecular weight is 232 g/mol. The monoisotopic (exact) mass is 232 g/mol. The second-order valence-corrected chi connectivity index (χ2v) is 5.16. The van der Waals surface area contributed by atoms with Crippen LogP contribution < -0.4 is 5.32 Å². The van der Waals surface area contributed by atoms with E-state index in [0.29, 0.717) is 0 Å². The molecule has 2 rings (SSSR count). The predicted molar refractivity (Wildman–Crippen MR) is 73.0 cm³/mol. The van der Waals surface area contributed by atoms with Crippen molar-refractivity contribution in [1.82, 2.24) is 10.2 Å². The van der Waals surface area contributed by atoms with Crippen LogP contribution in [0, 0.1) is 0 Å². The summed E-state index contributed by atoms with van der Waals surface area (Å²) in [6.07, 6.45) is 5.58. The molecule has 0 aliphatic heterocycles. The molecule has 1 saturated carbocycles. The zero-order valence-corrected chi connectivity index (χ0v) is 10.9. The second-order valence-electron chi connectivity index (χ2n) is 5.16. The first-order chi connectivity index (χ1) is 8.34. The Morgan fingerprint density at radius 1 is 1.18 bits per heavy atom. The standard InChI is InChI=1S/C15H24N2/c1-17(13-14-7-3-2-4-8-14)12-11-16-15-9-5-6-10-15/h2-4,7-8,15-16H,5-6,9-13H2,1H3. The normalized spacial score (nSPS) is 16.8. The lowest BCUT2D eigenvalue weighted by molar-refractivity contribution is 0.316. The van der Waals surface area contributed by atoms with E-state index in [2.05, 4.69) is 47.6 Å². The van der Waals surface area contributed by atoms with Crippen LogP contribution in [-0.4, -0.2) is 31.1 Å². The van der Waals surface area contributed by atoms with Crippen molar-refractivity contribution in [2.24, 2.45) is 0 Å². The van der Waals surface area contributed by atoms with E-state index in [1.165, 1.54) is 31.2 Å². The third-order valence-electron chi connectivity index (χ3n) is 3.58. The molecule has 1 aliphatic rings. The highest BCUT2D eigenvalue weighted by Crippen LogP contribution is 2.17. The van der Waals surface area contributed by atoms with Crippen molar-refractivity contribution < 1.29 is 0 Å². The molecule has 1 N–H and O–H groups in total. The van der Waals surface area contributed by atoms with Gasteiger partial charge in [-0.1, -0.05) is 43.2 Å². The highest BCUT2D eigenvalue weighted by atomic mass is 15.1. The van der Waals surface area contributed by atoms with Gasteiger partial charge in [-0.2, -0.15) is 0 Å². The highest BCUT2D eigenvalue weighted by molar-refractivity contribution is 5.14. The van der Waals surface area contributed by atoms with E-state index in [9.17, 15) is 0 Å². The summed E-state index contributed by atoms with van der Waals surface area (Å²) in [5, 5.41) is 3.66. The van der Waals surface area contributed by atoms with Gasteiger partial charge >= 0.3 is 0 Å². The number of rotatable bonds is 6. The average Bonchev–Trinajstić information content (AvgIpc) is 2.83. The predicted octanol–water partition coefficient (Wildman–Crippen LogP) is 2.65. The fraction of sp³-hybridized carbons (Fsp3) is 0.600. The molecular weight excluding hydrogens is 208 g/mol. The maximum absolute atomic E-state index is 3.66. The lowest BCUT2D eigenvalue weighted by Gasteiger charge is -2.19. The van der Waals surface area contributed by atoms with Gasteiger partial charge in [0.2, 0.25) is 0 Å². The van der Waals surface area contributed by atoms with E-state index in [1.54, 1.807) is 0 Å². The molecule has 0 atom stereocenters. The van der Waals surface area contributed by atoms with Gasteiger partial charge < -0.3 is 10.2 Å². The zero-order valence-electron chi connectivity index (χ0n) is 10.9. The van der Waals surface area contributed by atoms with Crippen molar-refractivity contribution in [2.45, 2.75) is 38.3 Å². The second kappa shape index (κ2) is 6.77. The molecule has 0 unspecified atom stereocenters. The quantitative estimate of drug-likeness (QED) is 0.811. The number of nitrogens with one attached hydrogen (secondary N) is 1. The number of hydrogen-bond acceptors (Lipinski definition) is 2. The molecule has 0 aromatic heterocycles. The Bertz CT molecular complexity index is 304. The Kier molecular flexibility index (Phi) is 5.02. The fourth-order valence-electron chi connectivity index (χ4n) is 2.56. The van der Waals surface area contributed by atoms with Crippen LogP contribution in [0.5, 0.6) is 0 Å². The van der Waals surface area contributed by atoms with Crippen LogP contribution in [0.3, 0.4) is 0 Å². The largest absolute Gasteiger partial charge is 0.313 e. The molecule has 2 nitrogen and oxygen atoms in total. The van der Waals surface area contributed by atoms with Crippen molar-refractivity contribution in [3.05, 3.63) is 35.9 Å². The summed E-state index contributed by atoms with van der Waals surface area (Å²) in [7, 11) is 2.20. The molecule has 0 heterocycles. The van der Waals surface area contributed by atoms with Gasteiger partial charge in [-0.05, 0) is 25.5 Å². The number of benzene rings is 1. The molecule has 1 aromatic carbocycles. The summed E-state index contributed by atoms with van der Waals surface area (Å²) in [5.41, 5.74) is 1.40. The van der Waals surface area contributed by atoms with Gasteiger partial charge in [0.25, 0.3) is 0 Å². The summed E-state index contributed by atoms with van der Waals surface area (Å²) in [4.78, 5) is 2.39. The maximum Gasteiger partial charge on any atom is 0.0231 e. The van der Waals surface area contributed by atoms with Crippen LogP contribution in [-0.2, 0) is 6.54 Å². The first-order valence-electron chi connectivity index (χ1n) is 6.80. The molecule has 0 saturated heterocycles. The zero-order chi connectivity index (χ0) is 11.9. The van der Waals surface area contributed by atoms with Crippen molar-refractivity contribution in [1.29, 1.82) is 0 Å². The summed E-state index contributed by atoms with van der Waals surface area (Å²) in [6.45, 7) is 3.30. The molecule has 1 aliphatic carbocycles. The van der Waals surface area contributed by atoms with E-state index in [-0.39, 0.29) is 0 Å². The summed E-state index contributed by atoms with van der Waals surface area (Å²) in [5.74, 6) is 0. The molecule has 1 fully saturated rings. The fourth-order valence-corrected chi connectivity index (χ4v) is 2.56. The lowest BCUT2D eigenvalue weighted by Crippen LogP contribution is -2.34. The molecule has 0 spiro atoms. The van der Waals surface area contributed by atoms with Crippen molar-refractivity contribution in [3.8, 4) is 0 Å². The minimum Gasteiger partial charge on any atom is -0.313 e. The molecule has 94 valence electrons. The summed E-state index contributed by atoms with van der Waals surface area (Å²) < 4.78 is 0. The topological polar surface area (TPSA) is 15.3 Å². The first kappa shape index (κ1) is 12.6. The Morgan fingerprint density at radius 2 is 1.88 bits per heavy atom. The molecule has 0 bridgehead atoms. The smallest absolute Gasteiger partial charge is 0.0231 e. The van der Waals surface area contributed by atoms with Crippen LogP contribution in [0.15, 0.2) is 30.3 Å².